The van der Waals surface area contributed by atoms with Gasteiger partial charge in [-0.1, -0.05) is 0 Å². The fourth-order valence-electron chi connectivity index (χ4n) is 3.01. The lowest BCUT2D eigenvalue weighted by atomic mass is 10.1. The molecule has 1 aliphatic rings. The average molecular weight is 383 g/mol. The molecule has 0 N–H and O–H groups in total. The van der Waals surface area contributed by atoms with Crippen LogP contribution in [0.2, 0.25) is 0 Å². The first kappa shape index (κ1) is 18.9. The van der Waals surface area contributed by atoms with Gasteiger partial charge in [0.05, 0.1) is 24.9 Å². The van der Waals surface area contributed by atoms with E-state index in [-0.39, 0.29) is 5.91 Å². The molecule has 0 saturated heterocycles. The van der Waals surface area contributed by atoms with Crippen molar-refractivity contribution in [2.45, 2.75) is 20.8 Å². The zero-order valence-corrected chi connectivity index (χ0v) is 16.6. The first-order valence-corrected chi connectivity index (χ1v) is 9.48. The largest absolute Gasteiger partial charge is 0.494 e. The van der Waals surface area contributed by atoms with E-state index < -0.39 is 5.97 Å². The Morgan fingerprint density at radius 3 is 2.44 bits per heavy atom. The van der Waals surface area contributed by atoms with Gasteiger partial charge in [0.2, 0.25) is 0 Å². The molecule has 0 radical (unpaired) electrons. The van der Waals surface area contributed by atoms with Crippen molar-refractivity contribution < 1.29 is 19.1 Å². The fourth-order valence-corrected chi connectivity index (χ4v) is 3.87. The lowest BCUT2D eigenvalue weighted by molar-refractivity contribution is -0.136. The molecule has 5 nitrogen and oxygen atoms in total. The van der Waals surface area contributed by atoms with Crippen molar-refractivity contribution >= 4 is 35.0 Å². The number of ether oxygens (including phenoxy) is 2. The zero-order chi connectivity index (χ0) is 19.6. The second kappa shape index (κ2) is 7.80. The molecule has 140 valence electrons. The second-order valence-corrected chi connectivity index (χ2v) is 6.99. The molecule has 2 aromatic rings. The predicted octanol–water partition coefficient (Wildman–Crippen LogP) is 4.33. The molecule has 6 heteroatoms. The van der Waals surface area contributed by atoms with Gasteiger partial charge in [-0.05, 0) is 68.1 Å². The summed E-state index contributed by atoms with van der Waals surface area (Å²) in [5.74, 6) is -0.0349. The van der Waals surface area contributed by atoms with E-state index in [1.807, 2.05) is 37.4 Å². The summed E-state index contributed by atoms with van der Waals surface area (Å²) in [6, 6.07) is 9.21. The Kier molecular flexibility index (Phi) is 5.46. The minimum atomic E-state index is -0.519. The van der Waals surface area contributed by atoms with Gasteiger partial charge in [0, 0.05) is 16.3 Å². The molecule has 0 bridgehead atoms. The Morgan fingerprint density at radius 2 is 1.89 bits per heavy atom. The number of allylic oxidation sites excluding steroid dienone is 1. The smallest absolute Gasteiger partial charge is 0.340 e. The van der Waals surface area contributed by atoms with E-state index in [2.05, 4.69) is 0 Å². The molecule has 27 heavy (non-hydrogen) atoms. The van der Waals surface area contributed by atoms with Gasteiger partial charge in [-0.15, -0.1) is 11.3 Å². The number of anilines is 1. The van der Waals surface area contributed by atoms with Crippen LogP contribution in [0.5, 0.6) is 5.75 Å². The lowest BCUT2D eigenvalue weighted by Gasteiger charge is -2.18. The van der Waals surface area contributed by atoms with E-state index in [0.717, 1.165) is 16.2 Å². The molecular weight excluding hydrogens is 362 g/mol. The fraction of sp³-hybridized carbons (Fsp3) is 0.238. The summed E-state index contributed by atoms with van der Waals surface area (Å²) in [7, 11) is 1.32. The minimum Gasteiger partial charge on any atom is -0.494 e. The SMILES string of the molecule is CCOc1ccc(N2C(=O)/C(=C\c3sccc3C)C(C(=O)OC)=C2C)cc1. The predicted molar refractivity (Wildman–Crippen MR) is 107 cm³/mol. The maximum Gasteiger partial charge on any atom is 0.340 e. The molecular formula is C21H21NO4S. The molecule has 0 unspecified atom stereocenters. The summed E-state index contributed by atoms with van der Waals surface area (Å²) in [5.41, 5.74) is 2.93. The number of methoxy groups -OCH3 is 1. The van der Waals surface area contributed by atoms with Gasteiger partial charge < -0.3 is 9.47 Å². The van der Waals surface area contributed by atoms with Crippen molar-refractivity contribution in [2.75, 3.05) is 18.6 Å². The summed E-state index contributed by atoms with van der Waals surface area (Å²) >= 11 is 1.53. The van der Waals surface area contributed by atoms with Crippen LogP contribution in [0.15, 0.2) is 52.6 Å². The highest BCUT2D eigenvalue weighted by atomic mass is 32.1. The molecule has 1 aromatic carbocycles. The van der Waals surface area contributed by atoms with Crippen LogP contribution in [-0.2, 0) is 14.3 Å². The normalized spacial score (nSPS) is 15.6. The summed E-state index contributed by atoms with van der Waals surface area (Å²) in [4.78, 5) is 28.1. The van der Waals surface area contributed by atoms with Crippen LogP contribution in [0.3, 0.4) is 0 Å². The number of esters is 1. The van der Waals surface area contributed by atoms with E-state index in [4.69, 9.17) is 9.47 Å². The molecule has 0 saturated carbocycles. The number of hydrogen-bond acceptors (Lipinski definition) is 5. The number of benzene rings is 1. The third-order valence-corrected chi connectivity index (χ3v) is 5.34. The molecule has 3 rings (SSSR count). The van der Waals surface area contributed by atoms with Crippen molar-refractivity contribution in [3.05, 3.63) is 63.0 Å². The maximum absolute atomic E-state index is 13.2. The highest BCUT2D eigenvalue weighted by Gasteiger charge is 2.38. The molecule has 1 aromatic heterocycles. The number of amides is 1. The van der Waals surface area contributed by atoms with Gasteiger partial charge in [0.15, 0.2) is 0 Å². The van der Waals surface area contributed by atoms with Gasteiger partial charge in [-0.25, -0.2) is 4.79 Å². The van der Waals surface area contributed by atoms with Gasteiger partial charge in [-0.2, -0.15) is 0 Å². The van der Waals surface area contributed by atoms with E-state index >= 15 is 0 Å². The standard InChI is InChI=1S/C21H21NO4S/c1-5-26-16-8-6-15(7-9-16)22-14(3)19(21(24)25-4)17(20(22)23)12-18-13(2)10-11-27-18/h6-12H,5H2,1-4H3/b17-12-. The number of nitrogens with zero attached hydrogens (tertiary/aromatic N) is 1. The van der Waals surface area contributed by atoms with Crippen molar-refractivity contribution in [1.82, 2.24) is 0 Å². The topological polar surface area (TPSA) is 55.8 Å². The van der Waals surface area contributed by atoms with Crippen molar-refractivity contribution in [2.24, 2.45) is 0 Å². The molecule has 0 aliphatic carbocycles. The van der Waals surface area contributed by atoms with E-state index in [1.165, 1.54) is 23.3 Å². The van der Waals surface area contributed by atoms with Crippen LogP contribution >= 0.6 is 11.3 Å². The first-order chi connectivity index (χ1) is 13.0. The van der Waals surface area contributed by atoms with Crippen LogP contribution < -0.4 is 9.64 Å². The molecule has 0 fully saturated rings. The van der Waals surface area contributed by atoms with Crippen molar-refractivity contribution in [1.29, 1.82) is 0 Å². The number of carbonyl (C=O) groups excluding carboxylic acids is 2. The maximum atomic E-state index is 13.2. The Hall–Kier alpha value is -2.86. The first-order valence-electron chi connectivity index (χ1n) is 8.60. The summed E-state index contributed by atoms with van der Waals surface area (Å²) in [6.07, 6.45) is 1.77. The van der Waals surface area contributed by atoms with E-state index in [0.29, 0.717) is 29.1 Å². The Bertz CT molecular complexity index is 937. The van der Waals surface area contributed by atoms with Crippen LogP contribution in [0.25, 0.3) is 6.08 Å². The van der Waals surface area contributed by atoms with Crippen LogP contribution in [-0.4, -0.2) is 25.6 Å². The van der Waals surface area contributed by atoms with Crippen LogP contribution in [0.1, 0.15) is 24.3 Å². The Labute approximate surface area is 162 Å². The van der Waals surface area contributed by atoms with Gasteiger partial charge in [-0.3, -0.25) is 9.69 Å². The van der Waals surface area contributed by atoms with Crippen LogP contribution in [0, 0.1) is 6.92 Å². The number of hydrogen-bond donors (Lipinski definition) is 0. The Morgan fingerprint density at radius 1 is 1.19 bits per heavy atom. The lowest BCUT2D eigenvalue weighted by Crippen LogP contribution is -2.24. The molecule has 0 atom stereocenters. The monoisotopic (exact) mass is 383 g/mol. The number of carbonyl (C=O) groups is 2. The second-order valence-electron chi connectivity index (χ2n) is 6.05. The highest BCUT2D eigenvalue weighted by molar-refractivity contribution is 7.11. The number of thiophene rings is 1. The third-order valence-electron chi connectivity index (χ3n) is 4.37. The summed E-state index contributed by atoms with van der Waals surface area (Å²) < 4.78 is 10.4. The molecule has 2 heterocycles. The zero-order valence-electron chi connectivity index (χ0n) is 15.7. The van der Waals surface area contributed by atoms with Gasteiger partial charge in [0.25, 0.3) is 5.91 Å². The Balaban J connectivity index is 2.07. The number of aryl methyl sites for hydroxylation is 1. The van der Waals surface area contributed by atoms with E-state index in [1.54, 1.807) is 25.1 Å². The minimum absolute atomic E-state index is 0.246. The van der Waals surface area contributed by atoms with Crippen LogP contribution in [0.4, 0.5) is 5.69 Å². The average Bonchev–Trinajstić information content (AvgIpc) is 3.17. The quantitative estimate of drug-likeness (QED) is 0.570. The number of rotatable bonds is 5. The van der Waals surface area contributed by atoms with Gasteiger partial charge in [0.1, 0.15) is 5.75 Å². The third kappa shape index (κ3) is 3.53. The van der Waals surface area contributed by atoms with Crippen molar-refractivity contribution in [3.8, 4) is 5.75 Å². The van der Waals surface area contributed by atoms with E-state index in [9.17, 15) is 9.59 Å². The summed E-state index contributed by atoms with van der Waals surface area (Å²) in [5, 5.41) is 1.96. The highest BCUT2D eigenvalue weighted by Crippen LogP contribution is 2.36. The van der Waals surface area contributed by atoms with Gasteiger partial charge >= 0.3 is 5.97 Å². The van der Waals surface area contributed by atoms with Crippen molar-refractivity contribution in [3.63, 3.8) is 0 Å². The molecule has 1 aliphatic heterocycles. The molecule has 1 amide bonds. The molecule has 0 spiro atoms. The summed E-state index contributed by atoms with van der Waals surface area (Å²) in [6.45, 7) is 6.21.